The fourth-order valence-corrected chi connectivity index (χ4v) is 3.99. The van der Waals surface area contributed by atoms with Gasteiger partial charge in [0, 0.05) is 58.1 Å². The van der Waals surface area contributed by atoms with Gasteiger partial charge in [-0.25, -0.2) is 4.98 Å². The maximum absolute atomic E-state index is 12.6. The molecular weight excluding hydrogens is 433 g/mol. The Morgan fingerprint density at radius 3 is 2.41 bits per heavy atom. The minimum absolute atomic E-state index is 0. The molecule has 2 N–H and O–H groups in total. The normalized spacial score (nSPS) is 21.8. The van der Waals surface area contributed by atoms with Crippen molar-refractivity contribution in [3.05, 3.63) is 24.4 Å². The summed E-state index contributed by atoms with van der Waals surface area (Å²) < 4.78 is 0. The number of likely N-dealkylation sites (tertiary alicyclic amines) is 1. The first kappa shape index (κ1) is 28.2. The lowest BCUT2D eigenvalue weighted by Crippen LogP contribution is -2.51. The first-order valence-corrected chi connectivity index (χ1v) is 9.97. The number of anilines is 1. The molecule has 1 aromatic rings. The quantitative estimate of drug-likeness (QED) is 0.720. The van der Waals surface area contributed by atoms with Crippen LogP contribution in [0.15, 0.2) is 24.4 Å². The molecule has 2 aliphatic heterocycles. The number of pyridine rings is 1. The maximum atomic E-state index is 12.6. The molecule has 0 aliphatic carbocycles. The van der Waals surface area contributed by atoms with Gasteiger partial charge in [-0.3, -0.25) is 9.69 Å². The first-order valence-electron chi connectivity index (χ1n) is 9.97. The standard InChI is InChI=1S/C20H33N5O.3ClH/c1-16(17(2)21)20(26)25-9-5-6-18(15-25)14-23-10-12-24(13-11-23)19-7-3-4-8-22-19;;;/h3-4,7-8,16-18H,5-6,9-15,21H2,1-2H3;3*1H. The fourth-order valence-electron chi connectivity index (χ4n) is 3.99. The van der Waals surface area contributed by atoms with Crippen molar-refractivity contribution in [3.8, 4) is 0 Å². The van der Waals surface area contributed by atoms with E-state index in [4.69, 9.17) is 5.73 Å². The van der Waals surface area contributed by atoms with Gasteiger partial charge < -0.3 is 15.5 Å². The van der Waals surface area contributed by atoms with Crippen molar-refractivity contribution in [1.82, 2.24) is 14.8 Å². The van der Waals surface area contributed by atoms with Gasteiger partial charge in [-0.15, -0.1) is 37.2 Å². The number of amides is 1. The number of hydrogen-bond acceptors (Lipinski definition) is 5. The minimum atomic E-state index is -0.0873. The molecule has 3 rings (SSSR count). The number of carbonyl (C=O) groups excluding carboxylic acids is 1. The van der Waals surface area contributed by atoms with E-state index in [1.165, 1.54) is 6.42 Å². The highest BCUT2D eigenvalue weighted by molar-refractivity contribution is 5.86. The highest BCUT2D eigenvalue weighted by Crippen LogP contribution is 2.21. The molecule has 2 saturated heterocycles. The van der Waals surface area contributed by atoms with Crippen molar-refractivity contribution in [3.63, 3.8) is 0 Å². The molecular formula is C20H36Cl3N5O. The van der Waals surface area contributed by atoms with E-state index in [-0.39, 0.29) is 55.1 Å². The summed E-state index contributed by atoms with van der Waals surface area (Å²) in [6, 6.07) is 6.01. The number of nitrogens with two attached hydrogens (primary N) is 1. The maximum Gasteiger partial charge on any atom is 0.226 e. The zero-order valence-corrected chi connectivity index (χ0v) is 19.9. The zero-order valence-electron chi connectivity index (χ0n) is 17.4. The smallest absolute Gasteiger partial charge is 0.226 e. The summed E-state index contributed by atoms with van der Waals surface area (Å²) in [6.07, 6.45) is 4.19. The van der Waals surface area contributed by atoms with Crippen LogP contribution in [-0.2, 0) is 4.79 Å². The van der Waals surface area contributed by atoms with Crippen molar-refractivity contribution in [1.29, 1.82) is 0 Å². The van der Waals surface area contributed by atoms with Crippen LogP contribution in [0.1, 0.15) is 26.7 Å². The van der Waals surface area contributed by atoms with Crippen molar-refractivity contribution in [2.24, 2.45) is 17.6 Å². The lowest BCUT2D eigenvalue weighted by molar-refractivity contribution is -0.137. The van der Waals surface area contributed by atoms with Gasteiger partial charge in [0.1, 0.15) is 5.82 Å². The monoisotopic (exact) mass is 467 g/mol. The molecule has 3 heterocycles. The number of halogens is 3. The van der Waals surface area contributed by atoms with E-state index >= 15 is 0 Å². The van der Waals surface area contributed by atoms with Crippen LogP contribution in [0.2, 0.25) is 0 Å². The molecule has 1 aromatic heterocycles. The van der Waals surface area contributed by atoms with Crippen molar-refractivity contribution >= 4 is 48.9 Å². The Hall–Kier alpha value is -0.790. The summed E-state index contributed by atoms with van der Waals surface area (Å²) in [5.41, 5.74) is 5.92. The Balaban J connectivity index is 0.00000261. The molecule has 0 saturated carbocycles. The van der Waals surface area contributed by atoms with Crippen molar-refractivity contribution in [2.75, 3.05) is 50.7 Å². The van der Waals surface area contributed by atoms with Gasteiger partial charge in [0.15, 0.2) is 0 Å². The van der Waals surface area contributed by atoms with Crippen LogP contribution in [0, 0.1) is 11.8 Å². The number of carbonyl (C=O) groups is 1. The predicted molar refractivity (Wildman–Crippen MR) is 127 cm³/mol. The molecule has 3 unspecified atom stereocenters. The molecule has 3 atom stereocenters. The van der Waals surface area contributed by atoms with Crippen molar-refractivity contribution < 1.29 is 4.79 Å². The average Bonchev–Trinajstić information content (AvgIpc) is 2.68. The predicted octanol–water partition coefficient (Wildman–Crippen LogP) is 2.69. The van der Waals surface area contributed by atoms with Crippen molar-refractivity contribution in [2.45, 2.75) is 32.7 Å². The van der Waals surface area contributed by atoms with E-state index in [9.17, 15) is 4.79 Å². The van der Waals surface area contributed by atoms with Gasteiger partial charge in [-0.05, 0) is 37.8 Å². The lowest BCUT2D eigenvalue weighted by atomic mass is 9.94. The molecule has 29 heavy (non-hydrogen) atoms. The Labute approximate surface area is 193 Å². The second-order valence-corrected chi connectivity index (χ2v) is 7.92. The Bertz CT molecular complexity index is 585. The minimum Gasteiger partial charge on any atom is -0.354 e. The third-order valence-electron chi connectivity index (χ3n) is 5.87. The molecule has 1 amide bonds. The van der Waals surface area contributed by atoms with Crippen LogP contribution in [0.3, 0.4) is 0 Å². The summed E-state index contributed by atoms with van der Waals surface area (Å²) in [5.74, 6) is 1.79. The van der Waals surface area contributed by atoms with Gasteiger partial charge in [-0.2, -0.15) is 0 Å². The second kappa shape index (κ2) is 13.5. The number of piperazine rings is 1. The van der Waals surface area contributed by atoms with E-state index in [1.807, 2.05) is 37.1 Å². The Morgan fingerprint density at radius 2 is 1.83 bits per heavy atom. The average molecular weight is 469 g/mol. The fraction of sp³-hybridized carbons (Fsp3) is 0.700. The molecule has 0 aromatic carbocycles. The van der Waals surface area contributed by atoms with Gasteiger partial charge in [0.05, 0.1) is 5.92 Å². The Kier molecular flexibility index (Phi) is 13.1. The molecule has 168 valence electrons. The third-order valence-corrected chi connectivity index (χ3v) is 5.87. The molecule has 6 nitrogen and oxygen atoms in total. The highest BCUT2D eigenvalue weighted by Gasteiger charge is 2.29. The Morgan fingerprint density at radius 1 is 1.14 bits per heavy atom. The van der Waals surface area contributed by atoms with Crippen LogP contribution in [-0.4, -0.2) is 72.5 Å². The van der Waals surface area contributed by atoms with Crippen LogP contribution >= 0.6 is 37.2 Å². The van der Waals surface area contributed by atoms with E-state index in [2.05, 4.69) is 20.9 Å². The largest absolute Gasteiger partial charge is 0.354 e. The van der Waals surface area contributed by atoms with Gasteiger partial charge >= 0.3 is 0 Å². The summed E-state index contributed by atoms with van der Waals surface area (Å²) in [7, 11) is 0. The molecule has 2 aliphatic rings. The zero-order chi connectivity index (χ0) is 18.5. The summed E-state index contributed by atoms with van der Waals surface area (Å²) in [6.45, 7) is 10.9. The summed E-state index contributed by atoms with van der Waals surface area (Å²) in [4.78, 5) is 24.0. The lowest BCUT2D eigenvalue weighted by Gasteiger charge is -2.40. The molecule has 0 spiro atoms. The molecule has 2 fully saturated rings. The topological polar surface area (TPSA) is 65.7 Å². The summed E-state index contributed by atoms with van der Waals surface area (Å²) in [5, 5.41) is 0. The molecule has 0 bridgehead atoms. The van der Waals surface area contributed by atoms with Gasteiger partial charge in [-0.1, -0.05) is 13.0 Å². The highest BCUT2D eigenvalue weighted by atomic mass is 35.5. The number of piperidine rings is 1. The number of hydrogen-bond donors (Lipinski definition) is 1. The van der Waals surface area contributed by atoms with Crippen LogP contribution in [0.5, 0.6) is 0 Å². The van der Waals surface area contributed by atoms with Crippen LogP contribution in [0.4, 0.5) is 5.82 Å². The SMILES string of the molecule is CC(N)C(C)C(=O)N1CCCC(CN2CCN(c3ccccn3)CC2)C1.Cl.Cl.Cl. The number of aromatic nitrogens is 1. The van der Waals surface area contributed by atoms with E-state index < -0.39 is 0 Å². The van der Waals surface area contributed by atoms with E-state index in [1.54, 1.807) is 0 Å². The molecule has 9 heteroatoms. The van der Waals surface area contributed by atoms with Gasteiger partial charge in [0.25, 0.3) is 0 Å². The number of nitrogens with zero attached hydrogens (tertiary/aromatic N) is 4. The third kappa shape index (κ3) is 7.76. The summed E-state index contributed by atoms with van der Waals surface area (Å²) >= 11 is 0. The van der Waals surface area contributed by atoms with Crippen LogP contribution < -0.4 is 10.6 Å². The first-order chi connectivity index (χ1) is 12.5. The van der Waals surface area contributed by atoms with Gasteiger partial charge in [0.2, 0.25) is 5.91 Å². The molecule has 0 radical (unpaired) electrons. The van der Waals surface area contributed by atoms with Crippen LogP contribution in [0.25, 0.3) is 0 Å². The van der Waals surface area contributed by atoms with E-state index in [0.29, 0.717) is 5.92 Å². The van der Waals surface area contributed by atoms with E-state index in [0.717, 1.165) is 58.1 Å². The second-order valence-electron chi connectivity index (χ2n) is 7.92. The number of rotatable bonds is 5.